The summed E-state index contributed by atoms with van der Waals surface area (Å²) in [6.45, 7) is 1.39. The van der Waals surface area contributed by atoms with Gasteiger partial charge in [-0.1, -0.05) is 30.3 Å². The van der Waals surface area contributed by atoms with Gasteiger partial charge in [-0.2, -0.15) is 5.10 Å². The zero-order chi connectivity index (χ0) is 15.8. The molecule has 2 aromatic rings. The third-order valence-corrected chi connectivity index (χ3v) is 5.27. The summed E-state index contributed by atoms with van der Waals surface area (Å²) in [6.07, 6.45) is 4.50. The summed E-state index contributed by atoms with van der Waals surface area (Å²) in [7, 11) is 0. The molecule has 5 heteroatoms. The molecule has 0 spiro atoms. The molecule has 1 saturated heterocycles. The Morgan fingerprint density at radius 3 is 2.91 bits per heavy atom. The van der Waals surface area contributed by atoms with E-state index in [0.29, 0.717) is 6.54 Å². The van der Waals surface area contributed by atoms with Crippen LogP contribution in [-0.2, 0) is 17.6 Å². The van der Waals surface area contributed by atoms with E-state index in [1.807, 2.05) is 29.3 Å². The minimum Gasteiger partial charge on any atom is -0.340 e. The molecule has 1 aromatic heterocycles. The highest BCUT2D eigenvalue weighted by Gasteiger charge is 2.37. The first kappa shape index (κ1) is 14.5. The molecular formula is C18H22N4O. The maximum Gasteiger partial charge on any atom is 0.226 e. The molecule has 23 heavy (non-hydrogen) atoms. The standard InChI is InChI=1S/C18H22N4O/c19-16-11-22(10-15(16)12-4-2-1-3-5-12)18(23)13-6-7-14-9-20-21-17(14)8-13/h1-5,9,13,15-16H,6-8,10-11,19H2,(H,20,21)/t13?,15-,16+/m0/s1. The van der Waals surface area contributed by atoms with Crippen LogP contribution in [0.2, 0.25) is 0 Å². The number of aryl methyl sites for hydroxylation is 1. The lowest BCUT2D eigenvalue weighted by Crippen LogP contribution is -2.38. The number of nitrogens with zero attached hydrogens (tertiary/aromatic N) is 2. The lowest BCUT2D eigenvalue weighted by atomic mass is 9.87. The third kappa shape index (κ3) is 2.65. The van der Waals surface area contributed by atoms with Gasteiger partial charge >= 0.3 is 0 Å². The molecule has 3 atom stereocenters. The third-order valence-electron chi connectivity index (χ3n) is 5.27. The molecule has 1 aromatic carbocycles. The van der Waals surface area contributed by atoms with Gasteiger partial charge in [0.2, 0.25) is 5.91 Å². The van der Waals surface area contributed by atoms with Crippen molar-refractivity contribution in [3.8, 4) is 0 Å². The summed E-state index contributed by atoms with van der Waals surface area (Å²) in [5.74, 6) is 0.551. The van der Waals surface area contributed by atoms with Crippen molar-refractivity contribution in [3.05, 3.63) is 53.3 Å². The van der Waals surface area contributed by atoms with E-state index in [0.717, 1.165) is 31.5 Å². The first-order valence-corrected chi connectivity index (χ1v) is 8.33. The van der Waals surface area contributed by atoms with Crippen LogP contribution in [0.3, 0.4) is 0 Å². The Hall–Kier alpha value is -2.14. The van der Waals surface area contributed by atoms with Crippen LogP contribution >= 0.6 is 0 Å². The zero-order valence-corrected chi connectivity index (χ0v) is 13.1. The number of fused-ring (bicyclic) bond motifs is 1. The van der Waals surface area contributed by atoms with Crippen molar-refractivity contribution >= 4 is 5.91 Å². The van der Waals surface area contributed by atoms with Gasteiger partial charge in [-0.3, -0.25) is 9.89 Å². The van der Waals surface area contributed by atoms with E-state index in [9.17, 15) is 4.79 Å². The van der Waals surface area contributed by atoms with E-state index in [2.05, 4.69) is 22.3 Å². The van der Waals surface area contributed by atoms with Crippen LogP contribution in [0, 0.1) is 5.92 Å². The van der Waals surface area contributed by atoms with Crippen LogP contribution in [-0.4, -0.2) is 40.1 Å². The number of aromatic amines is 1. The Kier molecular flexibility index (Phi) is 3.65. The van der Waals surface area contributed by atoms with Gasteiger partial charge in [0.25, 0.3) is 0 Å². The molecule has 1 amide bonds. The number of benzene rings is 1. The molecule has 120 valence electrons. The van der Waals surface area contributed by atoms with Crippen molar-refractivity contribution in [2.24, 2.45) is 11.7 Å². The monoisotopic (exact) mass is 310 g/mol. The SMILES string of the molecule is N[C@@H]1CN(C(=O)C2CCc3cn[nH]c3C2)C[C@H]1c1ccccc1. The average molecular weight is 310 g/mol. The minimum absolute atomic E-state index is 0.0210. The van der Waals surface area contributed by atoms with E-state index < -0.39 is 0 Å². The van der Waals surface area contributed by atoms with Crippen LogP contribution in [0.4, 0.5) is 0 Å². The van der Waals surface area contributed by atoms with Crippen molar-refractivity contribution in [2.75, 3.05) is 13.1 Å². The summed E-state index contributed by atoms with van der Waals surface area (Å²) in [5, 5.41) is 7.12. The van der Waals surface area contributed by atoms with Gasteiger partial charge in [0.15, 0.2) is 0 Å². The number of carbonyl (C=O) groups is 1. The van der Waals surface area contributed by atoms with E-state index in [1.165, 1.54) is 11.1 Å². The highest BCUT2D eigenvalue weighted by Crippen LogP contribution is 2.30. The number of nitrogens with two attached hydrogens (primary N) is 1. The van der Waals surface area contributed by atoms with Crippen molar-refractivity contribution < 1.29 is 4.79 Å². The molecule has 4 rings (SSSR count). The summed E-state index contributed by atoms with van der Waals surface area (Å²) in [5.41, 5.74) is 9.93. The number of carbonyl (C=O) groups excluding carboxylic acids is 1. The fourth-order valence-electron chi connectivity index (χ4n) is 3.94. The van der Waals surface area contributed by atoms with Gasteiger partial charge < -0.3 is 10.6 Å². The molecule has 3 N–H and O–H groups in total. The van der Waals surface area contributed by atoms with Gasteiger partial charge in [0, 0.05) is 43.1 Å². The second-order valence-corrected chi connectivity index (χ2v) is 6.74. The molecule has 1 aliphatic carbocycles. The average Bonchev–Trinajstić information content (AvgIpc) is 3.20. The lowest BCUT2D eigenvalue weighted by Gasteiger charge is -2.26. The summed E-state index contributed by atoms with van der Waals surface area (Å²) >= 11 is 0. The Labute approximate surface area is 135 Å². The number of hydrogen-bond donors (Lipinski definition) is 2. The highest BCUT2D eigenvalue weighted by atomic mass is 16.2. The molecule has 0 bridgehead atoms. The minimum atomic E-state index is 0.0210. The normalized spacial score (nSPS) is 27.0. The predicted octanol–water partition coefficient (Wildman–Crippen LogP) is 1.47. The number of hydrogen-bond acceptors (Lipinski definition) is 3. The van der Waals surface area contributed by atoms with E-state index in [4.69, 9.17) is 5.73 Å². The van der Waals surface area contributed by atoms with Crippen molar-refractivity contribution in [3.63, 3.8) is 0 Å². The van der Waals surface area contributed by atoms with Gasteiger partial charge in [-0.25, -0.2) is 0 Å². The molecule has 1 unspecified atom stereocenters. The molecule has 0 saturated carbocycles. The number of nitrogens with one attached hydrogen (secondary N) is 1. The Morgan fingerprint density at radius 1 is 1.26 bits per heavy atom. The maximum atomic E-state index is 12.9. The van der Waals surface area contributed by atoms with Gasteiger partial charge in [-0.05, 0) is 24.0 Å². The summed E-state index contributed by atoms with van der Waals surface area (Å²) in [4.78, 5) is 14.9. The summed E-state index contributed by atoms with van der Waals surface area (Å²) < 4.78 is 0. The second-order valence-electron chi connectivity index (χ2n) is 6.74. The van der Waals surface area contributed by atoms with E-state index in [1.54, 1.807) is 0 Å². The number of aromatic nitrogens is 2. The maximum absolute atomic E-state index is 12.9. The zero-order valence-electron chi connectivity index (χ0n) is 13.1. The second kappa shape index (κ2) is 5.81. The number of likely N-dealkylation sites (tertiary alicyclic amines) is 1. The van der Waals surface area contributed by atoms with Crippen LogP contribution in [0.1, 0.15) is 29.2 Å². The van der Waals surface area contributed by atoms with Crippen LogP contribution in [0.15, 0.2) is 36.5 Å². The fourth-order valence-corrected chi connectivity index (χ4v) is 3.94. The number of rotatable bonds is 2. The van der Waals surface area contributed by atoms with Crippen LogP contribution in [0.5, 0.6) is 0 Å². The lowest BCUT2D eigenvalue weighted by molar-refractivity contribution is -0.134. The smallest absolute Gasteiger partial charge is 0.226 e. The Morgan fingerprint density at radius 2 is 2.09 bits per heavy atom. The first-order chi connectivity index (χ1) is 11.2. The summed E-state index contributed by atoms with van der Waals surface area (Å²) in [6, 6.07) is 10.3. The van der Waals surface area contributed by atoms with E-state index in [-0.39, 0.29) is 23.8 Å². The molecule has 2 heterocycles. The fraction of sp³-hybridized carbons (Fsp3) is 0.444. The van der Waals surface area contributed by atoms with Gasteiger partial charge in [0.05, 0.1) is 6.20 Å². The van der Waals surface area contributed by atoms with E-state index >= 15 is 0 Å². The molecular weight excluding hydrogens is 288 g/mol. The Balaban J connectivity index is 1.46. The van der Waals surface area contributed by atoms with Crippen molar-refractivity contribution in [1.82, 2.24) is 15.1 Å². The predicted molar refractivity (Wildman–Crippen MR) is 87.8 cm³/mol. The molecule has 0 radical (unpaired) electrons. The quantitative estimate of drug-likeness (QED) is 0.882. The van der Waals surface area contributed by atoms with Gasteiger partial charge in [0.1, 0.15) is 0 Å². The largest absolute Gasteiger partial charge is 0.340 e. The number of amides is 1. The highest BCUT2D eigenvalue weighted by molar-refractivity contribution is 5.80. The molecule has 1 fully saturated rings. The first-order valence-electron chi connectivity index (χ1n) is 8.33. The van der Waals surface area contributed by atoms with Crippen LogP contribution < -0.4 is 5.73 Å². The molecule has 1 aliphatic heterocycles. The van der Waals surface area contributed by atoms with Crippen molar-refractivity contribution in [1.29, 1.82) is 0 Å². The molecule has 5 nitrogen and oxygen atoms in total. The topological polar surface area (TPSA) is 75.0 Å². The van der Waals surface area contributed by atoms with Crippen LogP contribution in [0.25, 0.3) is 0 Å². The van der Waals surface area contributed by atoms with Crippen molar-refractivity contribution in [2.45, 2.75) is 31.2 Å². The Bertz CT molecular complexity index is 696. The number of H-pyrrole nitrogens is 1. The van der Waals surface area contributed by atoms with Gasteiger partial charge in [-0.15, -0.1) is 0 Å². The molecule has 2 aliphatic rings.